The second-order valence-corrected chi connectivity index (χ2v) is 5.24. The zero-order chi connectivity index (χ0) is 14.7. The Labute approximate surface area is 123 Å². The minimum absolute atomic E-state index is 0.127. The van der Waals surface area contributed by atoms with E-state index in [0.29, 0.717) is 24.2 Å². The van der Waals surface area contributed by atoms with E-state index in [1.54, 1.807) is 6.20 Å². The summed E-state index contributed by atoms with van der Waals surface area (Å²) in [4.78, 5) is 8.67. The summed E-state index contributed by atoms with van der Waals surface area (Å²) in [6, 6.07) is 3.67. The van der Waals surface area contributed by atoms with Gasteiger partial charge in [-0.05, 0) is 25.8 Å². The summed E-state index contributed by atoms with van der Waals surface area (Å²) in [5.74, 6) is 2.02. The Morgan fingerprint density at radius 3 is 3.14 bits per heavy atom. The van der Waals surface area contributed by atoms with Crippen molar-refractivity contribution in [1.82, 2.24) is 15.1 Å². The Kier molecular flexibility index (Phi) is 4.15. The van der Waals surface area contributed by atoms with Crippen LogP contribution in [0.1, 0.15) is 38.4 Å². The number of rotatable bonds is 5. The van der Waals surface area contributed by atoms with Crippen molar-refractivity contribution in [1.29, 1.82) is 0 Å². The normalized spacial score (nSPS) is 19.6. The van der Waals surface area contributed by atoms with E-state index in [1.807, 2.05) is 19.1 Å². The van der Waals surface area contributed by atoms with Crippen LogP contribution >= 0.6 is 0 Å². The molecule has 0 radical (unpaired) electrons. The molecule has 112 valence electrons. The Morgan fingerprint density at radius 2 is 2.38 bits per heavy atom. The number of ether oxygens (including phenoxy) is 2. The Balaban J connectivity index is 1.78. The molecule has 0 unspecified atom stereocenters. The summed E-state index contributed by atoms with van der Waals surface area (Å²) < 4.78 is 16.4. The van der Waals surface area contributed by atoms with Gasteiger partial charge in [-0.2, -0.15) is 4.98 Å². The molecule has 0 amide bonds. The summed E-state index contributed by atoms with van der Waals surface area (Å²) in [5.41, 5.74) is 0.820. The second-order valence-electron chi connectivity index (χ2n) is 5.24. The molecule has 1 aliphatic heterocycles. The molecule has 0 aromatic carbocycles. The highest BCUT2D eigenvalue weighted by atomic mass is 16.5. The van der Waals surface area contributed by atoms with Crippen molar-refractivity contribution in [3.8, 4) is 17.3 Å². The van der Waals surface area contributed by atoms with Crippen LogP contribution < -0.4 is 4.74 Å². The number of pyridine rings is 1. The van der Waals surface area contributed by atoms with Crippen molar-refractivity contribution in [2.45, 2.75) is 38.7 Å². The smallest absolute Gasteiger partial charge is 0.258 e. The molecule has 0 saturated carbocycles. The lowest BCUT2D eigenvalue weighted by Crippen LogP contribution is -2.10. The highest BCUT2D eigenvalue weighted by molar-refractivity contribution is 5.53. The maximum Gasteiger partial charge on any atom is 0.258 e. The van der Waals surface area contributed by atoms with Crippen LogP contribution in [-0.4, -0.2) is 34.4 Å². The Morgan fingerprint density at radius 1 is 1.48 bits per heavy atom. The van der Waals surface area contributed by atoms with Crippen molar-refractivity contribution in [2.24, 2.45) is 0 Å². The van der Waals surface area contributed by atoms with Gasteiger partial charge in [-0.1, -0.05) is 12.1 Å². The zero-order valence-corrected chi connectivity index (χ0v) is 12.3. The predicted molar refractivity (Wildman–Crippen MR) is 76.1 cm³/mol. The minimum atomic E-state index is 0.127. The molecule has 3 heterocycles. The monoisotopic (exact) mass is 289 g/mol. The van der Waals surface area contributed by atoms with E-state index in [-0.39, 0.29) is 12.0 Å². The molecule has 0 N–H and O–H groups in total. The van der Waals surface area contributed by atoms with Gasteiger partial charge in [0, 0.05) is 30.4 Å². The van der Waals surface area contributed by atoms with E-state index in [9.17, 15) is 0 Å². The first-order chi connectivity index (χ1) is 10.3. The molecule has 2 aromatic heterocycles. The fourth-order valence-electron chi connectivity index (χ4n) is 2.15. The van der Waals surface area contributed by atoms with Gasteiger partial charge in [0.05, 0.1) is 12.7 Å². The van der Waals surface area contributed by atoms with E-state index in [1.165, 1.54) is 0 Å². The molecule has 2 aromatic rings. The summed E-state index contributed by atoms with van der Waals surface area (Å²) >= 11 is 0. The molecular formula is C15H19N3O3. The van der Waals surface area contributed by atoms with Crippen molar-refractivity contribution >= 4 is 0 Å². The molecule has 6 heteroatoms. The first kappa shape index (κ1) is 14.0. The molecule has 1 saturated heterocycles. The molecule has 0 aliphatic carbocycles. The summed E-state index contributed by atoms with van der Waals surface area (Å²) in [5, 5.41) is 4.05. The van der Waals surface area contributed by atoms with E-state index in [2.05, 4.69) is 22.0 Å². The van der Waals surface area contributed by atoms with E-state index < -0.39 is 0 Å². The van der Waals surface area contributed by atoms with E-state index >= 15 is 0 Å². The maximum atomic E-state index is 5.71. The summed E-state index contributed by atoms with van der Waals surface area (Å²) in [6.45, 7) is 5.51. The number of nitrogens with zero attached hydrogens (tertiary/aromatic N) is 3. The van der Waals surface area contributed by atoms with Crippen molar-refractivity contribution in [2.75, 3.05) is 13.2 Å². The fourth-order valence-corrected chi connectivity index (χ4v) is 2.15. The van der Waals surface area contributed by atoms with Gasteiger partial charge >= 0.3 is 0 Å². The molecule has 0 bridgehead atoms. The highest BCUT2D eigenvalue weighted by Gasteiger charge is 2.23. The zero-order valence-electron chi connectivity index (χ0n) is 12.3. The van der Waals surface area contributed by atoms with Gasteiger partial charge in [-0.15, -0.1) is 0 Å². The summed E-state index contributed by atoms with van der Waals surface area (Å²) in [6.07, 6.45) is 3.69. The highest BCUT2D eigenvalue weighted by Crippen LogP contribution is 2.26. The number of hydrogen-bond acceptors (Lipinski definition) is 6. The third-order valence-electron chi connectivity index (χ3n) is 3.62. The van der Waals surface area contributed by atoms with Gasteiger partial charge in [0.2, 0.25) is 5.88 Å². The molecule has 0 spiro atoms. The van der Waals surface area contributed by atoms with Crippen LogP contribution in [0.15, 0.2) is 22.9 Å². The van der Waals surface area contributed by atoms with Crippen molar-refractivity contribution in [3.05, 3.63) is 24.2 Å². The molecular weight excluding hydrogens is 270 g/mol. The number of aromatic nitrogens is 3. The average Bonchev–Trinajstić information content (AvgIpc) is 3.18. The van der Waals surface area contributed by atoms with Crippen LogP contribution in [-0.2, 0) is 4.74 Å². The quantitative estimate of drug-likeness (QED) is 0.843. The van der Waals surface area contributed by atoms with Crippen molar-refractivity contribution < 1.29 is 14.0 Å². The van der Waals surface area contributed by atoms with Gasteiger partial charge in [-0.3, -0.25) is 0 Å². The molecule has 1 fully saturated rings. The first-order valence-corrected chi connectivity index (χ1v) is 7.30. The van der Waals surface area contributed by atoms with Gasteiger partial charge in [0.25, 0.3) is 5.89 Å². The van der Waals surface area contributed by atoms with Crippen LogP contribution in [0.4, 0.5) is 0 Å². The lowest BCUT2D eigenvalue weighted by Gasteiger charge is -2.11. The third-order valence-corrected chi connectivity index (χ3v) is 3.62. The van der Waals surface area contributed by atoms with Gasteiger partial charge in [0.1, 0.15) is 0 Å². The average molecular weight is 289 g/mol. The van der Waals surface area contributed by atoms with Gasteiger partial charge < -0.3 is 14.0 Å². The van der Waals surface area contributed by atoms with Crippen LogP contribution in [0.5, 0.6) is 5.88 Å². The number of hydrogen-bond donors (Lipinski definition) is 0. The minimum Gasteiger partial charge on any atom is -0.475 e. The molecule has 21 heavy (non-hydrogen) atoms. The standard InChI is InChI=1S/C15H19N3O3/c1-3-10(2)20-13-8-11(4-6-16-13)15-17-14(18-21-15)12-5-7-19-9-12/h4,6,8,10,12H,3,5,7,9H2,1-2H3/t10-,12+/m0/s1. The molecule has 1 aliphatic rings. The predicted octanol–water partition coefficient (Wildman–Crippen LogP) is 2.81. The van der Waals surface area contributed by atoms with Crippen LogP contribution in [0.2, 0.25) is 0 Å². The Bertz CT molecular complexity index is 593. The van der Waals surface area contributed by atoms with E-state index in [4.69, 9.17) is 14.0 Å². The maximum absolute atomic E-state index is 5.71. The third kappa shape index (κ3) is 3.21. The lowest BCUT2D eigenvalue weighted by atomic mass is 10.1. The SMILES string of the molecule is CC[C@H](C)Oc1cc(-c2nc([C@@H]3CCOC3)no2)ccn1. The van der Waals surface area contributed by atoms with Gasteiger partial charge in [-0.25, -0.2) is 4.98 Å². The Hall–Kier alpha value is -1.95. The van der Waals surface area contributed by atoms with Crippen LogP contribution in [0.3, 0.4) is 0 Å². The second kappa shape index (κ2) is 6.22. The molecule has 6 nitrogen and oxygen atoms in total. The van der Waals surface area contributed by atoms with Crippen LogP contribution in [0, 0.1) is 0 Å². The molecule has 3 rings (SSSR count). The molecule has 2 atom stereocenters. The lowest BCUT2D eigenvalue weighted by molar-refractivity contribution is 0.192. The topological polar surface area (TPSA) is 70.3 Å². The largest absolute Gasteiger partial charge is 0.475 e. The first-order valence-electron chi connectivity index (χ1n) is 7.30. The fraction of sp³-hybridized carbons (Fsp3) is 0.533. The van der Waals surface area contributed by atoms with Crippen LogP contribution in [0.25, 0.3) is 11.5 Å². The van der Waals surface area contributed by atoms with Gasteiger partial charge in [0.15, 0.2) is 5.82 Å². The van der Waals surface area contributed by atoms with E-state index in [0.717, 1.165) is 25.0 Å². The van der Waals surface area contributed by atoms with Crippen molar-refractivity contribution in [3.63, 3.8) is 0 Å². The summed E-state index contributed by atoms with van der Waals surface area (Å²) in [7, 11) is 0.